The summed E-state index contributed by atoms with van der Waals surface area (Å²) in [5, 5.41) is 0.641. The number of carbonyl (C=O) groups excluding carboxylic acids is 1. The van der Waals surface area contributed by atoms with E-state index in [1.807, 2.05) is 54.6 Å². The smallest absolute Gasteiger partial charge is 0.219 e. The van der Waals surface area contributed by atoms with Crippen molar-refractivity contribution in [3.8, 4) is 0 Å². The van der Waals surface area contributed by atoms with Crippen LogP contribution >= 0.6 is 11.6 Å². The summed E-state index contributed by atoms with van der Waals surface area (Å²) < 4.78 is 26.4. The van der Waals surface area contributed by atoms with Crippen molar-refractivity contribution >= 4 is 17.5 Å². The first-order valence-electron chi connectivity index (χ1n) is 11.0. The van der Waals surface area contributed by atoms with Crippen LogP contribution in [0.15, 0.2) is 78.9 Å². The number of piperidine rings is 1. The Labute approximate surface area is 198 Å². The van der Waals surface area contributed by atoms with E-state index in [1.165, 1.54) is 12.1 Å². The van der Waals surface area contributed by atoms with Gasteiger partial charge in [0, 0.05) is 24.9 Å². The molecule has 3 aromatic rings. The Bertz CT molecular complexity index is 1060. The predicted molar refractivity (Wildman–Crippen MR) is 126 cm³/mol. The molecule has 1 fully saturated rings. The second-order valence-corrected chi connectivity index (χ2v) is 8.75. The van der Waals surface area contributed by atoms with Crippen LogP contribution in [0.4, 0.5) is 4.39 Å². The lowest BCUT2D eigenvalue weighted by molar-refractivity contribution is -0.195. The predicted octanol–water partition coefficient (Wildman–Crippen LogP) is 5.73. The Kier molecular flexibility index (Phi) is 7.43. The largest absolute Gasteiger partial charge is 0.368 e. The van der Waals surface area contributed by atoms with Crippen LogP contribution in [0.1, 0.15) is 30.0 Å². The lowest BCUT2D eigenvalue weighted by Crippen LogP contribution is -2.56. The maximum Gasteiger partial charge on any atom is 0.219 e. The molecule has 4 rings (SSSR count). The van der Waals surface area contributed by atoms with Crippen molar-refractivity contribution in [3.63, 3.8) is 0 Å². The first-order chi connectivity index (χ1) is 16.0. The molecule has 1 aliphatic rings. The number of nitrogens with zero attached hydrogens (tertiary/aromatic N) is 1. The van der Waals surface area contributed by atoms with Gasteiger partial charge in [-0.25, -0.2) is 4.39 Å². The summed E-state index contributed by atoms with van der Waals surface area (Å²) in [7, 11) is 0. The molecule has 0 unspecified atom stereocenters. The third-order valence-electron chi connectivity index (χ3n) is 6.14. The van der Waals surface area contributed by atoms with Crippen molar-refractivity contribution in [3.05, 3.63) is 106 Å². The number of halogens is 2. The molecule has 6 heteroatoms. The molecule has 0 spiro atoms. The Balaban J connectivity index is 1.66. The van der Waals surface area contributed by atoms with E-state index in [9.17, 15) is 9.18 Å². The lowest BCUT2D eigenvalue weighted by atomic mass is 9.81. The maximum absolute atomic E-state index is 13.3. The average molecular weight is 468 g/mol. The average Bonchev–Trinajstić information content (AvgIpc) is 2.83. The zero-order chi connectivity index (χ0) is 23.3. The fraction of sp³-hybridized carbons (Fsp3) is 0.296. The van der Waals surface area contributed by atoms with Gasteiger partial charge in [0.2, 0.25) is 5.91 Å². The Hall–Kier alpha value is -2.73. The second kappa shape index (κ2) is 10.5. The van der Waals surface area contributed by atoms with Gasteiger partial charge in [0.1, 0.15) is 17.5 Å². The molecule has 3 aromatic carbocycles. The van der Waals surface area contributed by atoms with Crippen LogP contribution in [0.2, 0.25) is 5.02 Å². The van der Waals surface area contributed by atoms with Gasteiger partial charge in [0.05, 0.1) is 19.8 Å². The highest BCUT2D eigenvalue weighted by Gasteiger charge is 2.47. The van der Waals surface area contributed by atoms with Crippen molar-refractivity contribution in [1.29, 1.82) is 0 Å². The summed E-state index contributed by atoms with van der Waals surface area (Å²) in [6.45, 7) is 3.20. The SMILES string of the molecule is CC(=O)N1CC[C@@](OCc2ccccc2)(c2ccc(Cl)cc2)[C@@H](OCc2ccc(F)cc2)C1. The van der Waals surface area contributed by atoms with E-state index in [0.717, 1.165) is 16.7 Å². The van der Waals surface area contributed by atoms with Gasteiger partial charge in [-0.3, -0.25) is 4.79 Å². The molecule has 0 saturated carbocycles. The monoisotopic (exact) mass is 467 g/mol. The van der Waals surface area contributed by atoms with Crippen molar-refractivity contribution in [1.82, 2.24) is 4.90 Å². The second-order valence-electron chi connectivity index (χ2n) is 8.31. The van der Waals surface area contributed by atoms with Crippen molar-refractivity contribution in [2.75, 3.05) is 13.1 Å². The molecule has 33 heavy (non-hydrogen) atoms. The standard InChI is InChI=1S/C27H27ClFNO3/c1-20(31)30-16-15-27(23-9-11-24(28)12-10-23,33-19-21-5-3-2-4-6-21)26(17-30)32-18-22-7-13-25(29)14-8-22/h2-14,26H,15-19H2,1H3/t26-,27+/m0/s1. The first kappa shape index (κ1) is 23.4. The summed E-state index contributed by atoms with van der Waals surface area (Å²) in [4.78, 5) is 14.0. The molecule has 0 aromatic heterocycles. The van der Waals surface area contributed by atoms with Gasteiger partial charge in [-0.05, 0) is 41.0 Å². The van der Waals surface area contributed by atoms with Crippen molar-refractivity contribution in [2.24, 2.45) is 0 Å². The van der Waals surface area contributed by atoms with E-state index in [2.05, 4.69) is 0 Å². The van der Waals surface area contributed by atoms with Crippen molar-refractivity contribution in [2.45, 2.75) is 38.3 Å². The highest BCUT2D eigenvalue weighted by Crippen LogP contribution is 2.40. The highest BCUT2D eigenvalue weighted by molar-refractivity contribution is 6.30. The van der Waals surface area contributed by atoms with E-state index >= 15 is 0 Å². The molecule has 0 bridgehead atoms. The number of amides is 1. The number of hydrogen-bond donors (Lipinski definition) is 0. The molecule has 0 radical (unpaired) electrons. The summed E-state index contributed by atoms with van der Waals surface area (Å²) >= 11 is 6.17. The van der Waals surface area contributed by atoms with Crippen LogP contribution in [0.5, 0.6) is 0 Å². The van der Waals surface area contributed by atoms with E-state index < -0.39 is 11.7 Å². The number of carbonyl (C=O) groups is 1. The molecule has 4 nitrogen and oxygen atoms in total. The maximum atomic E-state index is 13.3. The molecule has 0 aliphatic carbocycles. The fourth-order valence-corrected chi connectivity index (χ4v) is 4.37. The number of hydrogen-bond acceptors (Lipinski definition) is 3. The van der Waals surface area contributed by atoms with Gasteiger partial charge in [0.25, 0.3) is 0 Å². The van der Waals surface area contributed by atoms with Crippen LogP contribution < -0.4 is 0 Å². The van der Waals surface area contributed by atoms with Gasteiger partial charge in [0.15, 0.2) is 0 Å². The van der Waals surface area contributed by atoms with Gasteiger partial charge in [-0.2, -0.15) is 0 Å². The lowest BCUT2D eigenvalue weighted by Gasteiger charge is -2.47. The van der Waals surface area contributed by atoms with E-state index in [4.69, 9.17) is 21.1 Å². The molecule has 1 amide bonds. The summed E-state index contributed by atoms with van der Waals surface area (Å²) in [5.74, 6) is -0.293. The molecule has 1 saturated heterocycles. The summed E-state index contributed by atoms with van der Waals surface area (Å²) in [5.41, 5.74) is 2.09. The van der Waals surface area contributed by atoms with Gasteiger partial charge in [-0.1, -0.05) is 66.2 Å². The van der Waals surface area contributed by atoms with E-state index in [0.29, 0.717) is 31.1 Å². The summed E-state index contributed by atoms with van der Waals surface area (Å²) in [6.07, 6.45) is 0.153. The van der Waals surface area contributed by atoms with Gasteiger partial charge in [-0.15, -0.1) is 0 Å². The van der Waals surface area contributed by atoms with Crippen LogP contribution in [0.3, 0.4) is 0 Å². The van der Waals surface area contributed by atoms with Crippen LogP contribution in [0, 0.1) is 5.82 Å². The van der Waals surface area contributed by atoms with E-state index in [1.54, 1.807) is 24.0 Å². The highest BCUT2D eigenvalue weighted by atomic mass is 35.5. The zero-order valence-electron chi connectivity index (χ0n) is 18.5. The zero-order valence-corrected chi connectivity index (χ0v) is 19.3. The van der Waals surface area contributed by atoms with Crippen LogP contribution in [-0.2, 0) is 33.1 Å². The van der Waals surface area contributed by atoms with Gasteiger partial charge < -0.3 is 14.4 Å². The van der Waals surface area contributed by atoms with E-state index in [-0.39, 0.29) is 18.3 Å². The number of rotatable bonds is 7. The fourth-order valence-electron chi connectivity index (χ4n) is 4.25. The third kappa shape index (κ3) is 5.61. The van der Waals surface area contributed by atoms with Crippen molar-refractivity contribution < 1.29 is 18.7 Å². The van der Waals surface area contributed by atoms with Gasteiger partial charge >= 0.3 is 0 Å². The molecular weight excluding hydrogens is 441 g/mol. The van der Waals surface area contributed by atoms with Crippen LogP contribution in [0.25, 0.3) is 0 Å². The van der Waals surface area contributed by atoms with Crippen LogP contribution in [-0.4, -0.2) is 30.0 Å². The Morgan fingerprint density at radius 2 is 1.67 bits per heavy atom. The minimum Gasteiger partial charge on any atom is -0.368 e. The number of likely N-dealkylation sites (tertiary alicyclic amines) is 1. The molecule has 172 valence electrons. The number of ether oxygens (including phenoxy) is 2. The first-order valence-corrected chi connectivity index (χ1v) is 11.4. The minimum absolute atomic E-state index is 0.00172. The third-order valence-corrected chi connectivity index (χ3v) is 6.39. The molecular formula is C27H27ClFNO3. The molecule has 1 heterocycles. The minimum atomic E-state index is -0.771. The molecule has 1 aliphatic heterocycles. The topological polar surface area (TPSA) is 38.8 Å². The Morgan fingerprint density at radius 3 is 2.33 bits per heavy atom. The summed E-state index contributed by atoms with van der Waals surface area (Å²) in [6, 6.07) is 23.8. The molecule has 2 atom stereocenters. The quantitative estimate of drug-likeness (QED) is 0.445. The molecule has 0 N–H and O–H groups in total. The Morgan fingerprint density at radius 1 is 1.00 bits per heavy atom. The normalized spacial score (nSPS) is 20.6. The number of benzene rings is 3.